The van der Waals surface area contributed by atoms with Gasteiger partial charge < -0.3 is 16.0 Å². The van der Waals surface area contributed by atoms with Crippen molar-refractivity contribution in [1.29, 1.82) is 0 Å². The Kier molecular flexibility index (Phi) is 6.73. The second-order valence-corrected chi connectivity index (χ2v) is 7.35. The molecule has 10 heteroatoms. The van der Waals surface area contributed by atoms with E-state index in [1.165, 1.54) is 18.2 Å². The third-order valence-corrected chi connectivity index (χ3v) is 5.18. The van der Waals surface area contributed by atoms with E-state index >= 15 is 0 Å². The maximum Gasteiger partial charge on any atom is 0.416 e. The van der Waals surface area contributed by atoms with Crippen LogP contribution >= 0.6 is 0 Å². The zero-order valence-electron chi connectivity index (χ0n) is 16.9. The number of aromatic nitrogens is 3. The fourth-order valence-electron chi connectivity index (χ4n) is 3.62. The van der Waals surface area contributed by atoms with Crippen LogP contribution in [-0.2, 0) is 17.5 Å². The van der Waals surface area contributed by atoms with Gasteiger partial charge >= 0.3 is 6.18 Å². The minimum absolute atomic E-state index is 0.0687. The number of alkyl halides is 3. The van der Waals surface area contributed by atoms with E-state index in [-0.39, 0.29) is 30.0 Å². The molecule has 0 saturated heterocycles. The quantitative estimate of drug-likeness (QED) is 0.660. The Labute approximate surface area is 172 Å². The van der Waals surface area contributed by atoms with Gasteiger partial charge in [-0.1, -0.05) is 18.2 Å². The van der Waals surface area contributed by atoms with E-state index in [1.807, 2.05) is 0 Å². The van der Waals surface area contributed by atoms with Gasteiger partial charge in [0.25, 0.3) is 0 Å². The molecule has 1 amide bonds. The van der Waals surface area contributed by atoms with Crippen molar-refractivity contribution in [3.8, 4) is 0 Å². The Hall–Kier alpha value is -2.91. The molecule has 0 radical (unpaired) electrons. The third kappa shape index (κ3) is 5.58. The SMILES string of the molecule is CNc1nc(C)nc(N[C@H]2CC[C@H](C(=O)NCc3ccccc3C(F)(F)F)CC2)n1. The van der Waals surface area contributed by atoms with Gasteiger partial charge in [-0.25, -0.2) is 0 Å². The number of amides is 1. The lowest BCUT2D eigenvalue weighted by molar-refractivity contribution is -0.138. The largest absolute Gasteiger partial charge is 0.416 e. The lowest BCUT2D eigenvalue weighted by atomic mass is 9.85. The van der Waals surface area contributed by atoms with Crippen LogP contribution in [0.2, 0.25) is 0 Å². The first-order valence-corrected chi connectivity index (χ1v) is 9.86. The second-order valence-electron chi connectivity index (χ2n) is 7.35. The van der Waals surface area contributed by atoms with E-state index in [2.05, 4.69) is 30.9 Å². The molecule has 0 unspecified atom stereocenters. The van der Waals surface area contributed by atoms with E-state index in [0.717, 1.165) is 18.9 Å². The first-order valence-electron chi connectivity index (χ1n) is 9.86. The van der Waals surface area contributed by atoms with E-state index in [1.54, 1.807) is 14.0 Å². The molecule has 0 spiro atoms. The molecule has 2 aromatic rings. The van der Waals surface area contributed by atoms with Crippen LogP contribution in [0.3, 0.4) is 0 Å². The number of nitrogens with one attached hydrogen (secondary N) is 3. The monoisotopic (exact) mass is 422 g/mol. The molecule has 1 fully saturated rings. The normalized spacial score (nSPS) is 19.2. The van der Waals surface area contributed by atoms with Crippen molar-refractivity contribution in [1.82, 2.24) is 20.3 Å². The maximum absolute atomic E-state index is 13.1. The molecule has 1 aliphatic rings. The predicted octanol–water partition coefficient (Wildman–Crippen LogP) is 3.53. The Balaban J connectivity index is 1.51. The molecule has 0 bridgehead atoms. The summed E-state index contributed by atoms with van der Waals surface area (Å²) in [4.78, 5) is 25.2. The second kappa shape index (κ2) is 9.27. The highest BCUT2D eigenvalue weighted by molar-refractivity contribution is 5.78. The number of halogens is 3. The summed E-state index contributed by atoms with van der Waals surface area (Å²) in [6.45, 7) is 1.65. The number of carbonyl (C=O) groups is 1. The molecular weight excluding hydrogens is 397 g/mol. The topological polar surface area (TPSA) is 91.8 Å². The molecule has 1 aromatic carbocycles. The van der Waals surface area contributed by atoms with Gasteiger partial charge in [-0.3, -0.25) is 4.79 Å². The number of hydrogen-bond acceptors (Lipinski definition) is 6. The van der Waals surface area contributed by atoms with Crippen molar-refractivity contribution in [3.05, 3.63) is 41.2 Å². The van der Waals surface area contributed by atoms with Gasteiger partial charge in [0.2, 0.25) is 17.8 Å². The number of rotatable bonds is 6. The Morgan fingerprint density at radius 3 is 2.40 bits per heavy atom. The van der Waals surface area contributed by atoms with Gasteiger partial charge in [-0.05, 0) is 44.2 Å². The van der Waals surface area contributed by atoms with Crippen LogP contribution in [0.15, 0.2) is 24.3 Å². The van der Waals surface area contributed by atoms with Gasteiger partial charge in [0.15, 0.2) is 0 Å². The molecule has 1 heterocycles. The van der Waals surface area contributed by atoms with Crippen LogP contribution in [0.25, 0.3) is 0 Å². The van der Waals surface area contributed by atoms with Crippen molar-refractivity contribution in [3.63, 3.8) is 0 Å². The summed E-state index contributed by atoms with van der Waals surface area (Å²) >= 11 is 0. The van der Waals surface area contributed by atoms with Crippen LogP contribution in [0.5, 0.6) is 0 Å². The molecule has 1 aliphatic carbocycles. The van der Waals surface area contributed by atoms with Crippen LogP contribution < -0.4 is 16.0 Å². The lowest BCUT2D eigenvalue weighted by Gasteiger charge is -2.28. The van der Waals surface area contributed by atoms with Gasteiger partial charge in [0.05, 0.1) is 5.56 Å². The van der Waals surface area contributed by atoms with Crippen molar-refractivity contribution in [2.75, 3.05) is 17.7 Å². The summed E-state index contributed by atoms with van der Waals surface area (Å²) in [5, 5.41) is 8.83. The summed E-state index contributed by atoms with van der Waals surface area (Å²) < 4.78 is 39.3. The van der Waals surface area contributed by atoms with Gasteiger partial charge in [-0.15, -0.1) is 0 Å². The highest BCUT2D eigenvalue weighted by Crippen LogP contribution is 2.32. The fraction of sp³-hybridized carbons (Fsp3) is 0.500. The lowest BCUT2D eigenvalue weighted by Crippen LogP contribution is -2.36. The Morgan fingerprint density at radius 1 is 1.07 bits per heavy atom. The zero-order valence-corrected chi connectivity index (χ0v) is 16.9. The number of carbonyl (C=O) groups excluding carboxylic acids is 1. The minimum atomic E-state index is -4.44. The van der Waals surface area contributed by atoms with Crippen molar-refractivity contribution in [2.45, 2.75) is 51.4 Å². The van der Waals surface area contributed by atoms with Crippen LogP contribution in [-0.4, -0.2) is 33.9 Å². The Bertz CT molecular complexity index is 881. The third-order valence-electron chi connectivity index (χ3n) is 5.18. The standard InChI is InChI=1S/C20H25F3N6O/c1-12-26-18(24-2)29-19(27-12)28-15-9-7-13(8-10-15)17(30)25-11-14-5-3-4-6-16(14)20(21,22)23/h3-6,13,15H,7-11H2,1-2H3,(H,25,30)(H2,24,26,27,28,29)/t13-,15-. The fourth-order valence-corrected chi connectivity index (χ4v) is 3.62. The summed E-state index contributed by atoms with van der Waals surface area (Å²) in [5.74, 6) is 1.15. The molecule has 7 nitrogen and oxygen atoms in total. The number of nitrogens with zero attached hydrogens (tertiary/aromatic N) is 3. The highest BCUT2D eigenvalue weighted by atomic mass is 19.4. The smallest absolute Gasteiger partial charge is 0.357 e. The molecule has 162 valence electrons. The summed E-state index contributed by atoms with van der Waals surface area (Å²) in [7, 11) is 1.73. The number of benzene rings is 1. The van der Waals surface area contributed by atoms with E-state index in [0.29, 0.717) is 30.6 Å². The average molecular weight is 422 g/mol. The van der Waals surface area contributed by atoms with Crippen LogP contribution in [0.1, 0.15) is 42.6 Å². The molecule has 3 rings (SSSR count). The highest BCUT2D eigenvalue weighted by Gasteiger charge is 2.33. The first kappa shape index (κ1) is 21.8. The summed E-state index contributed by atoms with van der Waals surface area (Å²) in [6.07, 6.45) is -1.65. The van der Waals surface area contributed by atoms with Crippen molar-refractivity contribution < 1.29 is 18.0 Å². The zero-order chi connectivity index (χ0) is 21.7. The minimum Gasteiger partial charge on any atom is -0.357 e. The Morgan fingerprint density at radius 2 is 1.73 bits per heavy atom. The number of anilines is 2. The predicted molar refractivity (Wildman–Crippen MR) is 107 cm³/mol. The van der Waals surface area contributed by atoms with Crippen molar-refractivity contribution in [2.24, 2.45) is 5.92 Å². The number of aryl methyl sites for hydroxylation is 1. The molecule has 3 N–H and O–H groups in total. The van der Waals surface area contributed by atoms with Gasteiger partial charge in [0, 0.05) is 25.6 Å². The van der Waals surface area contributed by atoms with Crippen molar-refractivity contribution >= 4 is 17.8 Å². The number of hydrogen-bond donors (Lipinski definition) is 3. The van der Waals surface area contributed by atoms with E-state index in [4.69, 9.17) is 0 Å². The van der Waals surface area contributed by atoms with Gasteiger partial charge in [0.1, 0.15) is 5.82 Å². The first-order chi connectivity index (χ1) is 14.3. The molecular formula is C20H25F3N6O. The van der Waals surface area contributed by atoms with Crippen LogP contribution in [0.4, 0.5) is 25.1 Å². The molecule has 30 heavy (non-hydrogen) atoms. The molecule has 1 saturated carbocycles. The molecule has 1 aromatic heterocycles. The summed E-state index contributed by atoms with van der Waals surface area (Å²) in [6, 6.07) is 5.43. The van der Waals surface area contributed by atoms with E-state index < -0.39 is 11.7 Å². The van der Waals surface area contributed by atoms with Crippen LogP contribution in [0, 0.1) is 12.8 Å². The molecule has 0 aliphatic heterocycles. The molecule has 0 atom stereocenters. The maximum atomic E-state index is 13.1. The van der Waals surface area contributed by atoms with Gasteiger partial charge in [-0.2, -0.15) is 28.1 Å². The average Bonchev–Trinajstić information content (AvgIpc) is 2.71. The van der Waals surface area contributed by atoms with E-state index in [9.17, 15) is 18.0 Å². The summed E-state index contributed by atoms with van der Waals surface area (Å²) in [5.41, 5.74) is -0.647.